The Morgan fingerprint density at radius 2 is 1.81 bits per heavy atom. The van der Waals surface area contributed by atoms with Gasteiger partial charge in [-0.3, -0.25) is 9.97 Å². The lowest BCUT2D eigenvalue weighted by Crippen LogP contribution is -2.30. The van der Waals surface area contributed by atoms with E-state index < -0.39 is 0 Å². The number of benzene rings is 2. The fourth-order valence-electron chi connectivity index (χ4n) is 3.97. The van der Waals surface area contributed by atoms with Crippen LogP contribution in [0.1, 0.15) is 24.6 Å². The summed E-state index contributed by atoms with van der Waals surface area (Å²) in [7, 11) is 1.70. The molecule has 5 nitrogen and oxygen atoms in total. The maximum Gasteiger partial charge on any atom is 0.132 e. The summed E-state index contributed by atoms with van der Waals surface area (Å²) >= 11 is 0. The predicted octanol–water partition coefficient (Wildman–Crippen LogP) is 4.09. The Balaban J connectivity index is 1.58. The molecule has 1 unspecified atom stereocenters. The third-order valence-electron chi connectivity index (χ3n) is 5.21. The Morgan fingerprint density at radius 3 is 2.62 bits per heavy atom. The highest BCUT2D eigenvalue weighted by molar-refractivity contribution is 5.75. The van der Waals surface area contributed by atoms with E-state index in [-0.39, 0.29) is 6.17 Å². The number of nitrogens with zero attached hydrogens (tertiary/aromatic N) is 4. The molecule has 0 amide bonds. The average molecular weight is 344 g/mol. The lowest BCUT2D eigenvalue weighted by Gasteiger charge is -2.32. The van der Waals surface area contributed by atoms with Gasteiger partial charge in [-0.1, -0.05) is 6.07 Å². The molecule has 5 rings (SSSR count). The molecule has 3 heterocycles. The van der Waals surface area contributed by atoms with Gasteiger partial charge in [0.1, 0.15) is 11.9 Å². The van der Waals surface area contributed by atoms with Crippen LogP contribution in [0, 0.1) is 0 Å². The molecular weight excluding hydrogens is 324 g/mol. The lowest BCUT2D eigenvalue weighted by molar-refractivity contribution is 0.319. The first-order valence-electron chi connectivity index (χ1n) is 8.94. The maximum atomic E-state index is 5.31. The van der Waals surface area contributed by atoms with E-state index in [4.69, 9.17) is 4.74 Å². The Labute approximate surface area is 152 Å². The van der Waals surface area contributed by atoms with Gasteiger partial charge in [0.25, 0.3) is 0 Å². The Bertz CT molecular complexity index is 983. The van der Waals surface area contributed by atoms with E-state index in [0.29, 0.717) is 0 Å². The Kier molecular flexibility index (Phi) is 3.52. The standard InChI is InChI=1S/C21H20N4O/c1-26-18-7-5-16(6-8-18)25-14-17-3-2-12-24(17)21(25)15-4-9-19-20(13-15)23-11-10-22-19/h4-11,13-14,21H,2-3,12H2,1H3. The SMILES string of the molecule is COc1ccc(N2C=C3CCCN3C2c2ccc3nccnc3c2)cc1. The topological polar surface area (TPSA) is 41.5 Å². The van der Waals surface area contributed by atoms with Gasteiger partial charge in [0.2, 0.25) is 0 Å². The molecule has 1 atom stereocenters. The fraction of sp³-hybridized carbons (Fsp3) is 0.238. The number of rotatable bonds is 3. The number of allylic oxidation sites excluding steroid dienone is 1. The van der Waals surface area contributed by atoms with Crippen LogP contribution in [-0.2, 0) is 0 Å². The number of ether oxygens (including phenoxy) is 1. The molecule has 1 fully saturated rings. The van der Waals surface area contributed by atoms with Crippen LogP contribution in [0.3, 0.4) is 0 Å². The second kappa shape index (κ2) is 6.02. The van der Waals surface area contributed by atoms with Gasteiger partial charge in [-0.15, -0.1) is 0 Å². The first kappa shape index (κ1) is 15.2. The van der Waals surface area contributed by atoms with E-state index in [0.717, 1.165) is 35.4 Å². The van der Waals surface area contributed by atoms with Crippen molar-refractivity contribution in [3.05, 3.63) is 72.3 Å². The van der Waals surface area contributed by atoms with Gasteiger partial charge in [0.15, 0.2) is 0 Å². The molecule has 0 aliphatic carbocycles. The van der Waals surface area contributed by atoms with Gasteiger partial charge in [-0.2, -0.15) is 0 Å². The number of hydrogen-bond donors (Lipinski definition) is 0. The summed E-state index contributed by atoms with van der Waals surface area (Å²) in [5.41, 5.74) is 5.68. The minimum atomic E-state index is 0.160. The molecule has 5 heteroatoms. The summed E-state index contributed by atoms with van der Waals surface area (Å²) in [5.74, 6) is 0.874. The predicted molar refractivity (Wildman–Crippen MR) is 102 cm³/mol. The second-order valence-electron chi connectivity index (χ2n) is 6.70. The lowest BCUT2D eigenvalue weighted by atomic mass is 10.1. The minimum Gasteiger partial charge on any atom is -0.497 e. The molecule has 0 bridgehead atoms. The van der Waals surface area contributed by atoms with Crippen molar-refractivity contribution < 1.29 is 4.74 Å². The van der Waals surface area contributed by atoms with Crippen LogP contribution in [0.15, 0.2) is 66.8 Å². The molecule has 0 radical (unpaired) electrons. The van der Waals surface area contributed by atoms with Crippen LogP contribution in [-0.4, -0.2) is 28.5 Å². The molecule has 26 heavy (non-hydrogen) atoms. The molecule has 130 valence electrons. The van der Waals surface area contributed by atoms with E-state index in [9.17, 15) is 0 Å². The van der Waals surface area contributed by atoms with E-state index >= 15 is 0 Å². The van der Waals surface area contributed by atoms with Gasteiger partial charge >= 0.3 is 0 Å². The normalized spacial score (nSPS) is 19.0. The molecule has 0 saturated carbocycles. The highest BCUT2D eigenvalue weighted by Gasteiger charge is 2.36. The van der Waals surface area contributed by atoms with Crippen molar-refractivity contribution >= 4 is 16.7 Å². The van der Waals surface area contributed by atoms with Crippen molar-refractivity contribution in [2.75, 3.05) is 18.6 Å². The van der Waals surface area contributed by atoms with Gasteiger partial charge in [0.05, 0.1) is 18.1 Å². The number of fused-ring (bicyclic) bond motifs is 2. The molecule has 2 aliphatic rings. The van der Waals surface area contributed by atoms with Gasteiger partial charge in [-0.25, -0.2) is 0 Å². The van der Waals surface area contributed by atoms with Crippen LogP contribution in [0.5, 0.6) is 5.75 Å². The molecule has 3 aromatic rings. The Morgan fingerprint density at radius 1 is 1.00 bits per heavy atom. The third kappa shape index (κ3) is 2.39. The van der Waals surface area contributed by atoms with Crippen LogP contribution < -0.4 is 9.64 Å². The van der Waals surface area contributed by atoms with Crippen molar-refractivity contribution in [3.8, 4) is 5.75 Å². The van der Waals surface area contributed by atoms with E-state index in [1.165, 1.54) is 17.7 Å². The zero-order chi connectivity index (χ0) is 17.5. The average Bonchev–Trinajstić information content (AvgIpc) is 3.29. The van der Waals surface area contributed by atoms with Crippen LogP contribution in [0.4, 0.5) is 5.69 Å². The third-order valence-corrected chi connectivity index (χ3v) is 5.21. The highest BCUT2D eigenvalue weighted by Crippen LogP contribution is 2.43. The van der Waals surface area contributed by atoms with E-state index in [1.54, 1.807) is 19.5 Å². The maximum absolute atomic E-state index is 5.31. The molecule has 1 saturated heterocycles. The van der Waals surface area contributed by atoms with Crippen molar-refractivity contribution in [3.63, 3.8) is 0 Å². The first-order valence-corrected chi connectivity index (χ1v) is 8.94. The van der Waals surface area contributed by atoms with Crippen LogP contribution in [0.25, 0.3) is 11.0 Å². The van der Waals surface area contributed by atoms with E-state index in [1.807, 2.05) is 12.1 Å². The zero-order valence-corrected chi connectivity index (χ0v) is 14.7. The summed E-state index contributed by atoms with van der Waals surface area (Å²) in [6.07, 6.45) is 8.29. The van der Waals surface area contributed by atoms with Crippen molar-refractivity contribution in [2.24, 2.45) is 0 Å². The highest BCUT2D eigenvalue weighted by atomic mass is 16.5. The number of hydrogen-bond acceptors (Lipinski definition) is 5. The molecule has 2 aromatic carbocycles. The monoisotopic (exact) mass is 344 g/mol. The van der Waals surface area contributed by atoms with Crippen LogP contribution in [0.2, 0.25) is 0 Å². The quantitative estimate of drug-likeness (QED) is 0.716. The number of anilines is 1. The summed E-state index contributed by atoms with van der Waals surface area (Å²) in [5, 5.41) is 0. The van der Waals surface area contributed by atoms with E-state index in [2.05, 4.69) is 56.3 Å². The second-order valence-corrected chi connectivity index (χ2v) is 6.70. The van der Waals surface area contributed by atoms with Crippen molar-refractivity contribution in [1.29, 1.82) is 0 Å². The van der Waals surface area contributed by atoms with Crippen LogP contribution >= 0.6 is 0 Å². The van der Waals surface area contributed by atoms with Gasteiger partial charge < -0.3 is 14.5 Å². The van der Waals surface area contributed by atoms with Crippen molar-refractivity contribution in [1.82, 2.24) is 14.9 Å². The first-order chi connectivity index (χ1) is 12.8. The molecule has 2 aliphatic heterocycles. The summed E-state index contributed by atoms with van der Waals surface area (Å²) < 4.78 is 5.31. The molecule has 0 spiro atoms. The smallest absolute Gasteiger partial charge is 0.132 e. The minimum absolute atomic E-state index is 0.160. The molecular formula is C21H20N4O. The summed E-state index contributed by atoms with van der Waals surface area (Å²) in [6, 6.07) is 14.7. The summed E-state index contributed by atoms with van der Waals surface area (Å²) in [4.78, 5) is 13.7. The fourth-order valence-corrected chi connectivity index (χ4v) is 3.97. The van der Waals surface area contributed by atoms with Crippen molar-refractivity contribution in [2.45, 2.75) is 19.0 Å². The Hall–Kier alpha value is -3.08. The zero-order valence-electron chi connectivity index (χ0n) is 14.7. The molecule has 0 N–H and O–H groups in total. The summed E-state index contributed by atoms with van der Waals surface area (Å²) in [6.45, 7) is 1.08. The molecule has 1 aromatic heterocycles. The number of methoxy groups -OCH3 is 1. The number of aromatic nitrogens is 2. The van der Waals surface area contributed by atoms with Gasteiger partial charge in [0, 0.05) is 36.5 Å². The van der Waals surface area contributed by atoms with Gasteiger partial charge in [-0.05, 0) is 54.8 Å². The largest absolute Gasteiger partial charge is 0.497 e.